The smallest absolute Gasteiger partial charge is 0.215 e. The molecule has 2 aromatic carbocycles. The van der Waals surface area contributed by atoms with Gasteiger partial charge in [-0.05, 0) is 54.3 Å². The Hall–Kier alpha value is -1.27. The van der Waals surface area contributed by atoms with Gasteiger partial charge in [0.05, 0.1) is 5.75 Å². The number of hydrogen-bond acceptors (Lipinski definition) is 3. The third-order valence-electron chi connectivity index (χ3n) is 4.34. The van der Waals surface area contributed by atoms with Crippen molar-refractivity contribution in [2.24, 2.45) is 5.92 Å². The molecular weight excluding hydrogens is 379 g/mol. The van der Waals surface area contributed by atoms with Gasteiger partial charge in [-0.25, -0.2) is 13.1 Å². The minimum Gasteiger partial charge on any atom is -0.371 e. The fourth-order valence-electron chi connectivity index (χ4n) is 2.98. The van der Waals surface area contributed by atoms with Crippen molar-refractivity contribution in [1.29, 1.82) is 0 Å². The Kier molecular flexibility index (Phi) is 5.89. The lowest BCUT2D eigenvalue weighted by Gasteiger charge is -2.19. The molecule has 7 heteroatoms. The minimum atomic E-state index is -3.35. The first-order chi connectivity index (χ1) is 11.9. The number of nitrogens with zero attached hydrogens (tertiary/aromatic N) is 1. The summed E-state index contributed by atoms with van der Waals surface area (Å²) in [7, 11) is -3.35. The van der Waals surface area contributed by atoms with Crippen molar-refractivity contribution >= 4 is 38.9 Å². The van der Waals surface area contributed by atoms with Crippen molar-refractivity contribution in [1.82, 2.24) is 4.72 Å². The van der Waals surface area contributed by atoms with Gasteiger partial charge in [-0.15, -0.1) is 0 Å². The molecule has 1 saturated heterocycles. The topological polar surface area (TPSA) is 49.4 Å². The molecule has 1 N–H and O–H groups in total. The third-order valence-corrected chi connectivity index (χ3v) is 6.16. The molecule has 4 nitrogen and oxygen atoms in total. The molecule has 1 aliphatic heterocycles. The van der Waals surface area contributed by atoms with Crippen molar-refractivity contribution in [2.75, 3.05) is 24.5 Å². The van der Waals surface area contributed by atoms with Crippen LogP contribution < -0.4 is 9.62 Å². The Morgan fingerprint density at radius 1 is 1.00 bits per heavy atom. The second kappa shape index (κ2) is 7.96. The lowest BCUT2D eigenvalue weighted by Crippen LogP contribution is -2.31. The predicted molar refractivity (Wildman–Crippen MR) is 104 cm³/mol. The molecule has 1 aliphatic rings. The molecule has 0 bridgehead atoms. The van der Waals surface area contributed by atoms with E-state index in [1.807, 2.05) is 24.3 Å². The van der Waals surface area contributed by atoms with Crippen LogP contribution in [-0.4, -0.2) is 28.1 Å². The van der Waals surface area contributed by atoms with E-state index in [-0.39, 0.29) is 5.75 Å². The fourth-order valence-corrected chi connectivity index (χ4v) is 4.46. The lowest BCUT2D eigenvalue weighted by atomic mass is 10.1. The predicted octanol–water partition coefficient (Wildman–Crippen LogP) is 3.94. The first-order valence-electron chi connectivity index (χ1n) is 8.13. The SMILES string of the molecule is O=S(=O)(Cc1ccc(Cl)cc1)NCC1CCN(c2ccc(Cl)cc2)C1. The van der Waals surface area contributed by atoms with E-state index in [0.717, 1.165) is 35.8 Å². The van der Waals surface area contributed by atoms with Gasteiger partial charge in [0.15, 0.2) is 0 Å². The number of rotatable bonds is 6. The molecule has 3 rings (SSSR count). The van der Waals surface area contributed by atoms with Gasteiger partial charge < -0.3 is 4.90 Å². The molecule has 2 aromatic rings. The summed E-state index contributed by atoms with van der Waals surface area (Å²) in [6, 6.07) is 14.6. The van der Waals surface area contributed by atoms with Gasteiger partial charge in [0.2, 0.25) is 10.0 Å². The van der Waals surface area contributed by atoms with E-state index < -0.39 is 10.0 Å². The first-order valence-corrected chi connectivity index (χ1v) is 10.5. The summed E-state index contributed by atoms with van der Waals surface area (Å²) in [6.45, 7) is 2.22. The summed E-state index contributed by atoms with van der Waals surface area (Å²) in [5, 5.41) is 1.32. The van der Waals surface area contributed by atoms with Crippen LogP contribution in [0.5, 0.6) is 0 Å². The van der Waals surface area contributed by atoms with Gasteiger partial charge in [-0.1, -0.05) is 35.3 Å². The van der Waals surface area contributed by atoms with Crippen LogP contribution in [0.15, 0.2) is 48.5 Å². The van der Waals surface area contributed by atoms with Crippen LogP contribution >= 0.6 is 23.2 Å². The van der Waals surface area contributed by atoms with Crippen LogP contribution in [0.2, 0.25) is 10.0 Å². The molecule has 0 saturated carbocycles. The minimum absolute atomic E-state index is 0.0300. The Morgan fingerprint density at radius 2 is 1.60 bits per heavy atom. The van der Waals surface area contributed by atoms with E-state index in [1.54, 1.807) is 24.3 Å². The Morgan fingerprint density at radius 3 is 2.24 bits per heavy atom. The molecule has 0 radical (unpaired) electrons. The average molecular weight is 399 g/mol. The van der Waals surface area contributed by atoms with Gasteiger partial charge in [-0.3, -0.25) is 0 Å². The van der Waals surface area contributed by atoms with Gasteiger partial charge in [-0.2, -0.15) is 0 Å². The second-order valence-electron chi connectivity index (χ2n) is 6.31. The Labute approximate surface area is 158 Å². The number of anilines is 1. The molecule has 1 unspecified atom stereocenters. The number of halogens is 2. The summed E-state index contributed by atoms with van der Waals surface area (Å²) in [6.07, 6.45) is 0.964. The summed E-state index contributed by atoms with van der Waals surface area (Å²) >= 11 is 11.7. The highest BCUT2D eigenvalue weighted by molar-refractivity contribution is 7.88. The van der Waals surface area contributed by atoms with Crippen LogP contribution in [0, 0.1) is 5.92 Å². The Balaban J connectivity index is 1.51. The van der Waals surface area contributed by atoms with E-state index in [4.69, 9.17) is 23.2 Å². The molecule has 1 fully saturated rings. The molecule has 0 amide bonds. The zero-order valence-corrected chi connectivity index (χ0v) is 16.0. The second-order valence-corrected chi connectivity index (χ2v) is 8.99. The standard InChI is InChI=1S/C18H20Cl2N2O2S/c19-16-3-1-14(2-4-16)13-25(23,24)21-11-15-9-10-22(12-15)18-7-5-17(20)6-8-18/h1-8,15,21H,9-13H2. The maximum Gasteiger partial charge on any atom is 0.215 e. The lowest BCUT2D eigenvalue weighted by molar-refractivity contribution is 0.541. The summed E-state index contributed by atoms with van der Waals surface area (Å²) < 4.78 is 27.3. The zero-order valence-electron chi connectivity index (χ0n) is 13.7. The van der Waals surface area contributed by atoms with Crippen molar-refractivity contribution in [3.8, 4) is 0 Å². The number of hydrogen-bond donors (Lipinski definition) is 1. The fraction of sp³-hybridized carbons (Fsp3) is 0.333. The quantitative estimate of drug-likeness (QED) is 0.801. The van der Waals surface area contributed by atoms with E-state index in [9.17, 15) is 8.42 Å². The van der Waals surface area contributed by atoms with Gasteiger partial charge in [0.1, 0.15) is 0 Å². The normalized spacial score (nSPS) is 17.8. The van der Waals surface area contributed by atoms with Gasteiger partial charge in [0, 0.05) is 35.4 Å². The van der Waals surface area contributed by atoms with Crippen LogP contribution in [0.4, 0.5) is 5.69 Å². The van der Waals surface area contributed by atoms with Crippen molar-refractivity contribution in [2.45, 2.75) is 12.2 Å². The summed E-state index contributed by atoms with van der Waals surface area (Å²) in [4.78, 5) is 2.26. The van der Waals surface area contributed by atoms with E-state index >= 15 is 0 Å². The maximum atomic E-state index is 12.3. The Bertz CT molecular complexity index is 808. The number of sulfonamides is 1. The van der Waals surface area contributed by atoms with Gasteiger partial charge in [0.25, 0.3) is 0 Å². The van der Waals surface area contributed by atoms with Crippen molar-refractivity contribution in [3.63, 3.8) is 0 Å². The molecule has 0 spiro atoms. The highest BCUT2D eigenvalue weighted by Crippen LogP contribution is 2.25. The average Bonchev–Trinajstić information content (AvgIpc) is 3.05. The van der Waals surface area contributed by atoms with E-state index in [1.165, 1.54) is 0 Å². The zero-order chi connectivity index (χ0) is 17.9. The van der Waals surface area contributed by atoms with Crippen LogP contribution in [0.3, 0.4) is 0 Å². The molecule has 1 heterocycles. The monoisotopic (exact) mass is 398 g/mol. The van der Waals surface area contributed by atoms with Crippen LogP contribution in [-0.2, 0) is 15.8 Å². The first kappa shape index (κ1) is 18.5. The third kappa shape index (κ3) is 5.35. The van der Waals surface area contributed by atoms with Gasteiger partial charge >= 0.3 is 0 Å². The summed E-state index contributed by atoms with van der Waals surface area (Å²) in [5.74, 6) is 0.272. The molecule has 0 aliphatic carbocycles. The number of nitrogens with one attached hydrogen (secondary N) is 1. The highest BCUT2D eigenvalue weighted by Gasteiger charge is 2.24. The maximum absolute atomic E-state index is 12.3. The molecule has 134 valence electrons. The summed E-state index contributed by atoms with van der Waals surface area (Å²) in [5.41, 5.74) is 1.85. The van der Waals surface area contributed by atoms with Crippen molar-refractivity contribution in [3.05, 3.63) is 64.1 Å². The van der Waals surface area contributed by atoms with Crippen LogP contribution in [0.1, 0.15) is 12.0 Å². The molecule has 25 heavy (non-hydrogen) atoms. The highest BCUT2D eigenvalue weighted by atomic mass is 35.5. The number of benzene rings is 2. The van der Waals surface area contributed by atoms with E-state index in [2.05, 4.69) is 9.62 Å². The molecule has 1 atom stereocenters. The molecule has 0 aromatic heterocycles. The van der Waals surface area contributed by atoms with Crippen LogP contribution in [0.25, 0.3) is 0 Å². The largest absolute Gasteiger partial charge is 0.371 e. The van der Waals surface area contributed by atoms with E-state index in [0.29, 0.717) is 17.5 Å². The van der Waals surface area contributed by atoms with Crippen molar-refractivity contribution < 1.29 is 8.42 Å². The molecular formula is C18H20Cl2N2O2S.